The maximum Gasteiger partial charge on any atom is 0.303 e. The van der Waals surface area contributed by atoms with Gasteiger partial charge in [0.25, 0.3) is 0 Å². The Kier molecular flexibility index (Phi) is 6.49. The largest absolute Gasteiger partial charge is 0.490 e. The van der Waals surface area contributed by atoms with Crippen molar-refractivity contribution in [2.75, 3.05) is 18.5 Å². The Hall–Kier alpha value is -2.63. The lowest BCUT2D eigenvalue weighted by molar-refractivity contribution is -0.137. The van der Waals surface area contributed by atoms with E-state index in [1.165, 1.54) is 29.9 Å². The van der Waals surface area contributed by atoms with E-state index in [4.69, 9.17) is 9.84 Å². The molecule has 0 bridgehead atoms. The maximum absolute atomic E-state index is 14.6. The van der Waals surface area contributed by atoms with Crippen molar-refractivity contribution >= 4 is 11.7 Å². The zero-order chi connectivity index (χ0) is 20.1. The van der Waals surface area contributed by atoms with Crippen LogP contribution in [0.1, 0.15) is 38.5 Å². The number of halogens is 2. The number of aliphatic carboxylic acids is 1. The van der Waals surface area contributed by atoms with Crippen molar-refractivity contribution in [1.82, 2.24) is 0 Å². The summed E-state index contributed by atoms with van der Waals surface area (Å²) in [6.45, 7) is 0.254. The predicted molar refractivity (Wildman–Crippen MR) is 105 cm³/mol. The monoisotopic (exact) mass is 389 g/mol. The van der Waals surface area contributed by atoms with Crippen LogP contribution in [-0.4, -0.2) is 30.8 Å². The number of ether oxygens (including phenoxy) is 1. The molecule has 0 unspecified atom stereocenters. The Morgan fingerprint density at radius 1 is 1.14 bits per heavy atom. The van der Waals surface area contributed by atoms with Gasteiger partial charge in [-0.25, -0.2) is 8.78 Å². The van der Waals surface area contributed by atoms with E-state index in [0.29, 0.717) is 23.3 Å². The minimum atomic E-state index is -0.926. The summed E-state index contributed by atoms with van der Waals surface area (Å²) in [5, 5.41) is 8.70. The van der Waals surface area contributed by atoms with Gasteiger partial charge in [0.05, 0.1) is 6.10 Å². The van der Waals surface area contributed by atoms with Gasteiger partial charge >= 0.3 is 5.97 Å². The molecule has 0 heterocycles. The first-order valence-electron chi connectivity index (χ1n) is 9.63. The summed E-state index contributed by atoms with van der Waals surface area (Å²) in [4.78, 5) is 12.0. The van der Waals surface area contributed by atoms with Gasteiger partial charge in [0.2, 0.25) is 0 Å². The summed E-state index contributed by atoms with van der Waals surface area (Å²) in [5.74, 6) is -1.56. The minimum absolute atomic E-state index is 0.0422. The molecule has 6 heteroatoms. The molecule has 2 aromatic rings. The van der Waals surface area contributed by atoms with Crippen LogP contribution in [0.3, 0.4) is 0 Å². The second-order valence-corrected chi connectivity index (χ2v) is 7.26. The highest BCUT2D eigenvalue weighted by molar-refractivity contribution is 5.69. The molecule has 0 saturated heterocycles. The Bertz CT molecular complexity index is 811. The molecule has 0 radical (unpaired) electrons. The number of anilines is 1. The fourth-order valence-corrected chi connectivity index (χ4v) is 3.62. The Morgan fingerprint density at radius 2 is 1.82 bits per heavy atom. The highest BCUT2D eigenvalue weighted by atomic mass is 19.1. The molecule has 0 spiro atoms. The van der Waals surface area contributed by atoms with Gasteiger partial charge < -0.3 is 14.7 Å². The molecule has 1 N–H and O–H groups in total. The molecule has 1 aliphatic carbocycles. The number of carbonyl (C=O) groups is 1. The van der Waals surface area contributed by atoms with Gasteiger partial charge in [-0.1, -0.05) is 12.1 Å². The van der Waals surface area contributed by atoms with Gasteiger partial charge in [-0.3, -0.25) is 4.79 Å². The molecule has 2 aromatic carbocycles. The average molecular weight is 389 g/mol. The van der Waals surface area contributed by atoms with Gasteiger partial charge in [-0.15, -0.1) is 0 Å². The second kappa shape index (κ2) is 9.04. The quantitative estimate of drug-likeness (QED) is 0.670. The van der Waals surface area contributed by atoms with E-state index in [-0.39, 0.29) is 24.8 Å². The van der Waals surface area contributed by atoms with E-state index in [9.17, 15) is 13.6 Å². The molecule has 150 valence electrons. The molecule has 28 heavy (non-hydrogen) atoms. The average Bonchev–Trinajstić information content (AvgIpc) is 3.14. The summed E-state index contributed by atoms with van der Waals surface area (Å²) >= 11 is 0. The molecule has 1 saturated carbocycles. The fourth-order valence-electron chi connectivity index (χ4n) is 3.62. The Balaban J connectivity index is 1.77. The summed E-state index contributed by atoms with van der Waals surface area (Å²) in [5.41, 5.74) is 0.982. The Morgan fingerprint density at radius 3 is 2.46 bits per heavy atom. The van der Waals surface area contributed by atoms with Gasteiger partial charge in [0.1, 0.15) is 23.1 Å². The van der Waals surface area contributed by atoms with Crippen molar-refractivity contribution in [2.24, 2.45) is 0 Å². The first-order valence-corrected chi connectivity index (χ1v) is 9.63. The number of rotatable bonds is 8. The summed E-state index contributed by atoms with van der Waals surface area (Å²) in [7, 11) is 1.55. The van der Waals surface area contributed by atoms with E-state index < -0.39 is 17.6 Å². The van der Waals surface area contributed by atoms with E-state index in [2.05, 4.69) is 0 Å². The van der Waals surface area contributed by atoms with Crippen LogP contribution in [-0.2, 0) is 4.79 Å². The number of carboxylic acids is 1. The van der Waals surface area contributed by atoms with Crippen molar-refractivity contribution in [1.29, 1.82) is 0 Å². The third-order valence-electron chi connectivity index (χ3n) is 5.06. The second-order valence-electron chi connectivity index (χ2n) is 7.26. The highest BCUT2D eigenvalue weighted by Gasteiger charge is 2.18. The topological polar surface area (TPSA) is 49.8 Å². The molecular formula is C22H25F2NO3. The lowest BCUT2D eigenvalue weighted by Crippen LogP contribution is -2.21. The van der Waals surface area contributed by atoms with Crippen LogP contribution in [0, 0.1) is 11.6 Å². The van der Waals surface area contributed by atoms with Crippen LogP contribution >= 0.6 is 0 Å². The zero-order valence-corrected chi connectivity index (χ0v) is 16.0. The lowest BCUT2D eigenvalue weighted by atomic mass is 10.0. The van der Waals surface area contributed by atoms with Crippen LogP contribution in [0.15, 0.2) is 36.4 Å². The van der Waals surface area contributed by atoms with E-state index in [1.807, 2.05) is 18.2 Å². The van der Waals surface area contributed by atoms with Crippen LogP contribution in [0.25, 0.3) is 11.1 Å². The number of hydrogen-bond donors (Lipinski definition) is 1. The first kappa shape index (κ1) is 20.1. The normalized spacial score (nSPS) is 14.2. The molecule has 1 aliphatic rings. The van der Waals surface area contributed by atoms with Crippen molar-refractivity contribution < 1.29 is 23.4 Å². The molecule has 1 fully saturated rings. The standard InChI is InChI=1S/C22H25F2NO3/c1-25(11-5-10-21(26)27)22-19(23)13-16(14-20(22)24)15-6-4-9-18(12-15)28-17-7-2-3-8-17/h4,6,9,12-14,17H,2-3,5,7-8,10-11H2,1H3,(H,26,27). The molecule has 3 rings (SSSR count). The van der Waals surface area contributed by atoms with E-state index >= 15 is 0 Å². The lowest BCUT2D eigenvalue weighted by Gasteiger charge is -2.21. The van der Waals surface area contributed by atoms with Crippen molar-refractivity contribution in [3.8, 4) is 16.9 Å². The van der Waals surface area contributed by atoms with Crippen LogP contribution < -0.4 is 9.64 Å². The van der Waals surface area contributed by atoms with Crippen molar-refractivity contribution in [3.05, 3.63) is 48.0 Å². The number of carboxylic acid groups (broad SMARTS) is 1. The third-order valence-corrected chi connectivity index (χ3v) is 5.06. The maximum atomic E-state index is 14.6. The number of hydrogen-bond acceptors (Lipinski definition) is 3. The van der Waals surface area contributed by atoms with Gasteiger partial charge in [0.15, 0.2) is 0 Å². The summed E-state index contributed by atoms with van der Waals surface area (Å²) in [6.07, 6.45) is 4.90. The molecule has 4 nitrogen and oxygen atoms in total. The van der Waals surface area contributed by atoms with Gasteiger partial charge in [-0.05, 0) is 67.5 Å². The van der Waals surface area contributed by atoms with Gasteiger partial charge in [0, 0.05) is 20.0 Å². The van der Waals surface area contributed by atoms with Crippen LogP contribution in [0.5, 0.6) is 5.75 Å². The minimum Gasteiger partial charge on any atom is -0.490 e. The predicted octanol–water partition coefficient (Wildman–Crippen LogP) is 5.25. The van der Waals surface area contributed by atoms with E-state index in [1.54, 1.807) is 13.1 Å². The zero-order valence-electron chi connectivity index (χ0n) is 16.0. The fraction of sp³-hybridized carbons (Fsp3) is 0.409. The molecule has 0 amide bonds. The smallest absolute Gasteiger partial charge is 0.303 e. The van der Waals surface area contributed by atoms with Crippen molar-refractivity contribution in [3.63, 3.8) is 0 Å². The molecular weight excluding hydrogens is 364 g/mol. The summed E-state index contributed by atoms with van der Waals surface area (Å²) < 4.78 is 35.2. The number of benzene rings is 2. The van der Waals surface area contributed by atoms with E-state index in [0.717, 1.165) is 12.8 Å². The van der Waals surface area contributed by atoms with Gasteiger partial charge in [-0.2, -0.15) is 0 Å². The Labute approximate surface area is 163 Å². The SMILES string of the molecule is CN(CCCC(=O)O)c1c(F)cc(-c2cccc(OC3CCCC3)c2)cc1F. The van der Waals surface area contributed by atoms with Crippen LogP contribution in [0.2, 0.25) is 0 Å². The molecule has 0 aromatic heterocycles. The van der Waals surface area contributed by atoms with Crippen LogP contribution in [0.4, 0.5) is 14.5 Å². The van der Waals surface area contributed by atoms with Crippen molar-refractivity contribution in [2.45, 2.75) is 44.6 Å². The molecule has 0 atom stereocenters. The molecule has 0 aliphatic heterocycles. The third kappa shape index (κ3) is 5.00. The first-order chi connectivity index (χ1) is 13.4. The highest BCUT2D eigenvalue weighted by Crippen LogP contribution is 2.32. The number of nitrogens with zero attached hydrogens (tertiary/aromatic N) is 1. The summed E-state index contributed by atoms with van der Waals surface area (Å²) in [6, 6.07) is 9.90.